The van der Waals surface area contributed by atoms with E-state index in [0.29, 0.717) is 21.3 Å². The molecule has 31 heavy (non-hydrogen) atoms. The van der Waals surface area contributed by atoms with Gasteiger partial charge < -0.3 is 10.2 Å². The Morgan fingerprint density at radius 3 is 2.35 bits per heavy atom. The van der Waals surface area contributed by atoms with Crippen molar-refractivity contribution in [3.8, 4) is 0 Å². The van der Waals surface area contributed by atoms with Crippen LogP contribution in [0.25, 0.3) is 0 Å². The van der Waals surface area contributed by atoms with Crippen molar-refractivity contribution in [2.24, 2.45) is 0 Å². The molecule has 1 unspecified atom stereocenters. The Morgan fingerprint density at radius 1 is 1.13 bits per heavy atom. The van der Waals surface area contributed by atoms with Gasteiger partial charge in [-0.15, -0.1) is 0 Å². The van der Waals surface area contributed by atoms with Gasteiger partial charge in [0.25, 0.3) is 15.9 Å². The molecule has 0 saturated heterocycles. The van der Waals surface area contributed by atoms with Crippen LogP contribution < -0.4 is 5.32 Å². The van der Waals surface area contributed by atoms with E-state index in [0.717, 1.165) is 0 Å². The third-order valence-electron chi connectivity index (χ3n) is 5.09. The largest absolute Gasteiger partial charge is 0.357 e. The molecule has 0 radical (unpaired) electrons. The topological polar surface area (TPSA) is 104 Å². The number of amides is 3. The van der Waals surface area contributed by atoms with Gasteiger partial charge in [0.2, 0.25) is 11.8 Å². The van der Waals surface area contributed by atoms with Gasteiger partial charge in [0, 0.05) is 18.6 Å². The number of carbonyl (C=O) groups is 3. The molecule has 3 rings (SSSR count). The van der Waals surface area contributed by atoms with Crippen LogP contribution in [0.2, 0.25) is 5.02 Å². The van der Waals surface area contributed by atoms with E-state index in [1.807, 2.05) is 0 Å². The molecule has 2 aromatic carbocycles. The summed E-state index contributed by atoms with van der Waals surface area (Å²) in [6.45, 7) is 1.10. The summed E-state index contributed by atoms with van der Waals surface area (Å²) in [5, 5.41) is 3.05. The fourth-order valence-electron chi connectivity index (χ4n) is 3.47. The number of nitrogens with one attached hydrogen (secondary N) is 1. The molecular formula is C21H22ClN3O5S. The van der Waals surface area contributed by atoms with Gasteiger partial charge in [-0.1, -0.05) is 42.8 Å². The number of hydrogen-bond acceptors (Lipinski definition) is 5. The Kier molecular flexibility index (Phi) is 6.66. The molecule has 0 bridgehead atoms. The first-order valence-electron chi connectivity index (χ1n) is 9.62. The zero-order valence-corrected chi connectivity index (χ0v) is 18.6. The van der Waals surface area contributed by atoms with Gasteiger partial charge in [0.05, 0.1) is 5.56 Å². The molecule has 10 heteroatoms. The van der Waals surface area contributed by atoms with Crippen molar-refractivity contribution in [3.05, 3.63) is 64.7 Å². The van der Waals surface area contributed by atoms with Crippen LogP contribution in [0.15, 0.2) is 53.4 Å². The van der Waals surface area contributed by atoms with Crippen molar-refractivity contribution in [1.29, 1.82) is 0 Å². The van der Waals surface area contributed by atoms with E-state index in [4.69, 9.17) is 11.6 Å². The number of benzene rings is 2. The molecule has 1 atom stereocenters. The molecule has 1 heterocycles. The fraction of sp³-hybridized carbons (Fsp3) is 0.286. The Labute approximate surface area is 185 Å². The second-order valence-corrected chi connectivity index (χ2v) is 9.27. The third-order valence-corrected chi connectivity index (χ3v) is 7.13. The van der Waals surface area contributed by atoms with Crippen molar-refractivity contribution in [2.75, 3.05) is 13.6 Å². The van der Waals surface area contributed by atoms with Crippen LogP contribution in [0.3, 0.4) is 0 Å². The maximum Gasteiger partial charge on any atom is 0.269 e. The molecule has 0 aliphatic carbocycles. The summed E-state index contributed by atoms with van der Waals surface area (Å²) in [5.74, 6) is -1.80. The van der Waals surface area contributed by atoms with E-state index >= 15 is 0 Å². The molecular weight excluding hydrogens is 442 g/mol. The zero-order chi connectivity index (χ0) is 22.8. The Bertz CT molecular complexity index is 1120. The van der Waals surface area contributed by atoms with Gasteiger partial charge >= 0.3 is 0 Å². The molecule has 2 aromatic rings. The van der Waals surface area contributed by atoms with E-state index in [9.17, 15) is 22.8 Å². The number of likely N-dealkylation sites (N-methyl/N-ethyl adjacent to an activating group) is 1. The molecule has 1 N–H and O–H groups in total. The predicted octanol–water partition coefficient (Wildman–Crippen LogP) is 2.04. The second kappa shape index (κ2) is 9.07. The number of fused-ring (bicyclic) bond motifs is 1. The monoisotopic (exact) mass is 463 g/mol. The van der Waals surface area contributed by atoms with Crippen molar-refractivity contribution in [3.63, 3.8) is 0 Å². The van der Waals surface area contributed by atoms with Crippen LogP contribution in [0.4, 0.5) is 0 Å². The van der Waals surface area contributed by atoms with Crippen LogP contribution in [0.5, 0.6) is 0 Å². The number of hydrogen-bond donors (Lipinski definition) is 1. The number of halogens is 1. The van der Waals surface area contributed by atoms with Crippen molar-refractivity contribution in [2.45, 2.75) is 30.8 Å². The maximum absolute atomic E-state index is 13.2. The van der Waals surface area contributed by atoms with Gasteiger partial charge in [0.15, 0.2) is 0 Å². The van der Waals surface area contributed by atoms with Gasteiger partial charge in [0.1, 0.15) is 17.5 Å². The van der Waals surface area contributed by atoms with Crippen LogP contribution >= 0.6 is 11.6 Å². The smallest absolute Gasteiger partial charge is 0.269 e. The summed E-state index contributed by atoms with van der Waals surface area (Å²) in [5.41, 5.74) is 0.733. The average Bonchev–Trinajstić information content (AvgIpc) is 2.95. The average molecular weight is 464 g/mol. The highest BCUT2D eigenvalue weighted by molar-refractivity contribution is 7.90. The standard InChI is InChI=1S/C21H22ClN3O5S/c1-3-17(20(27)23-2)24(12-14-8-10-15(22)11-9-14)19(26)13-25-21(28)16-6-4-5-7-18(16)31(25,29)30/h4-11,17H,3,12-13H2,1-2H3,(H,23,27). The number of sulfonamides is 1. The van der Waals surface area contributed by atoms with Crippen molar-refractivity contribution in [1.82, 2.24) is 14.5 Å². The lowest BCUT2D eigenvalue weighted by molar-refractivity contribution is -0.141. The normalized spacial score (nSPS) is 15.3. The first kappa shape index (κ1) is 22.8. The Morgan fingerprint density at radius 2 is 1.77 bits per heavy atom. The zero-order valence-electron chi connectivity index (χ0n) is 17.0. The van der Waals surface area contributed by atoms with Gasteiger partial charge in [-0.05, 0) is 36.2 Å². The predicted molar refractivity (Wildman–Crippen MR) is 115 cm³/mol. The van der Waals surface area contributed by atoms with Crippen molar-refractivity contribution < 1.29 is 22.8 Å². The van der Waals surface area contributed by atoms with E-state index in [2.05, 4.69) is 5.32 Å². The lowest BCUT2D eigenvalue weighted by Crippen LogP contribution is -2.51. The van der Waals surface area contributed by atoms with E-state index in [1.54, 1.807) is 37.3 Å². The molecule has 0 spiro atoms. The van der Waals surface area contributed by atoms with E-state index in [1.165, 1.54) is 30.1 Å². The minimum Gasteiger partial charge on any atom is -0.357 e. The number of carbonyl (C=O) groups excluding carboxylic acids is 3. The minimum absolute atomic E-state index is 0.0258. The SMILES string of the molecule is CCC(C(=O)NC)N(Cc1ccc(Cl)cc1)C(=O)CN1C(=O)c2ccccc2S1(=O)=O. The Hall–Kier alpha value is -2.91. The fourth-order valence-corrected chi connectivity index (χ4v) is 5.12. The second-order valence-electron chi connectivity index (χ2n) is 7.00. The molecule has 164 valence electrons. The Balaban J connectivity index is 1.92. The first-order valence-corrected chi connectivity index (χ1v) is 11.4. The van der Waals surface area contributed by atoms with E-state index in [-0.39, 0.29) is 22.9 Å². The quantitative estimate of drug-likeness (QED) is 0.676. The summed E-state index contributed by atoms with van der Waals surface area (Å²) in [6, 6.07) is 11.7. The molecule has 3 amide bonds. The van der Waals surface area contributed by atoms with Gasteiger partial charge in [-0.25, -0.2) is 12.7 Å². The summed E-state index contributed by atoms with van der Waals surface area (Å²) in [7, 11) is -2.68. The minimum atomic E-state index is -4.14. The van der Waals surface area contributed by atoms with Crippen LogP contribution in [-0.4, -0.2) is 55.0 Å². The third kappa shape index (κ3) is 4.42. The molecule has 0 aromatic heterocycles. The summed E-state index contributed by atoms with van der Waals surface area (Å²) in [6.07, 6.45) is 0.305. The summed E-state index contributed by atoms with van der Waals surface area (Å²) < 4.78 is 26.2. The highest BCUT2D eigenvalue weighted by Gasteiger charge is 2.43. The summed E-state index contributed by atoms with van der Waals surface area (Å²) >= 11 is 5.92. The van der Waals surface area contributed by atoms with Gasteiger partial charge in [-0.2, -0.15) is 0 Å². The van der Waals surface area contributed by atoms with Crippen LogP contribution in [0.1, 0.15) is 29.3 Å². The van der Waals surface area contributed by atoms with E-state index < -0.39 is 34.4 Å². The summed E-state index contributed by atoms with van der Waals surface area (Å²) in [4.78, 5) is 39.5. The number of rotatable bonds is 7. The molecule has 1 aliphatic rings. The highest BCUT2D eigenvalue weighted by Crippen LogP contribution is 2.30. The molecule has 0 saturated carbocycles. The van der Waals surface area contributed by atoms with Crippen LogP contribution in [0, 0.1) is 0 Å². The van der Waals surface area contributed by atoms with Crippen molar-refractivity contribution >= 4 is 39.3 Å². The molecule has 0 fully saturated rings. The lowest BCUT2D eigenvalue weighted by atomic mass is 10.1. The molecule has 8 nitrogen and oxygen atoms in total. The highest BCUT2D eigenvalue weighted by atomic mass is 35.5. The van der Waals surface area contributed by atoms with Gasteiger partial charge in [-0.3, -0.25) is 14.4 Å². The molecule has 1 aliphatic heterocycles. The lowest BCUT2D eigenvalue weighted by Gasteiger charge is -2.31. The number of nitrogens with zero attached hydrogens (tertiary/aromatic N) is 2. The van der Waals surface area contributed by atoms with Crippen LogP contribution in [-0.2, 0) is 26.2 Å². The maximum atomic E-state index is 13.2. The first-order chi connectivity index (χ1) is 14.7.